The van der Waals surface area contributed by atoms with Crippen LogP contribution >= 0.6 is 0 Å². The highest BCUT2D eigenvalue weighted by Crippen LogP contribution is 2.27. The highest BCUT2D eigenvalue weighted by atomic mass is 16.6. The second kappa shape index (κ2) is 9.03. The molecule has 1 rings (SSSR count). The van der Waals surface area contributed by atoms with Crippen LogP contribution in [0.15, 0.2) is 24.3 Å². The molecule has 100 valence electrons. The third-order valence-corrected chi connectivity index (χ3v) is 2.39. The van der Waals surface area contributed by atoms with Crippen LogP contribution in [-0.2, 0) is 14.3 Å². The minimum atomic E-state index is -0.234. The van der Waals surface area contributed by atoms with E-state index in [1.807, 2.05) is 19.1 Å². The standard InChI is InChI=1S/C16H18O3/c1-3-4-5-6-7-8-9-11-15-16(19-15)12-10-13-18-14(2)17/h3-4,9,11,15-16H,10,12-13H2,1-2H3/b4-3+,11-9+. The van der Waals surface area contributed by atoms with Crippen molar-refractivity contribution in [3.05, 3.63) is 24.3 Å². The summed E-state index contributed by atoms with van der Waals surface area (Å²) in [5.41, 5.74) is 0. The molecule has 0 aliphatic carbocycles. The van der Waals surface area contributed by atoms with Crippen LogP contribution in [0.2, 0.25) is 0 Å². The SMILES string of the molecule is C/C=C/C#CC#C/C=C/C1OC1CCCOC(C)=O. The zero-order valence-corrected chi connectivity index (χ0v) is 11.3. The molecule has 3 nitrogen and oxygen atoms in total. The Morgan fingerprint density at radius 3 is 2.74 bits per heavy atom. The van der Waals surface area contributed by atoms with Crippen LogP contribution in [0, 0.1) is 23.7 Å². The first-order valence-electron chi connectivity index (χ1n) is 6.31. The Kier molecular flexibility index (Phi) is 7.17. The molecular weight excluding hydrogens is 240 g/mol. The zero-order chi connectivity index (χ0) is 13.9. The fraction of sp³-hybridized carbons (Fsp3) is 0.438. The maximum atomic E-state index is 10.5. The quantitative estimate of drug-likeness (QED) is 0.328. The van der Waals surface area contributed by atoms with E-state index in [0.717, 1.165) is 12.8 Å². The van der Waals surface area contributed by atoms with E-state index in [9.17, 15) is 4.79 Å². The second-order valence-corrected chi connectivity index (χ2v) is 4.02. The van der Waals surface area contributed by atoms with E-state index in [1.54, 1.807) is 12.2 Å². The Bertz CT molecular complexity index is 466. The summed E-state index contributed by atoms with van der Waals surface area (Å²) in [5, 5.41) is 0. The Balaban J connectivity index is 2.10. The fourth-order valence-electron chi connectivity index (χ4n) is 1.44. The minimum absolute atomic E-state index is 0.148. The third-order valence-electron chi connectivity index (χ3n) is 2.39. The topological polar surface area (TPSA) is 38.8 Å². The average Bonchev–Trinajstić information content (AvgIpc) is 3.12. The monoisotopic (exact) mass is 258 g/mol. The first kappa shape index (κ1) is 15.1. The van der Waals surface area contributed by atoms with Gasteiger partial charge in [0.25, 0.3) is 0 Å². The minimum Gasteiger partial charge on any atom is -0.466 e. The number of carbonyl (C=O) groups excluding carboxylic acids is 1. The number of ether oxygens (including phenoxy) is 2. The van der Waals surface area contributed by atoms with Gasteiger partial charge in [0.2, 0.25) is 0 Å². The molecule has 1 heterocycles. The smallest absolute Gasteiger partial charge is 0.302 e. The third kappa shape index (κ3) is 7.86. The molecule has 0 aromatic heterocycles. The molecule has 0 aromatic rings. The van der Waals surface area contributed by atoms with E-state index in [1.165, 1.54) is 6.92 Å². The van der Waals surface area contributed by atoms with Crippen molar-refractivity contribution in [3.63, 3.8) is 0 Å². The largest absolute Gasteiger partial charge is 0.466 e. The van der Waals surface area contributed by atoms with Gasteiger partial charge in [0.1, 0.15) is 6.10 Å². The molecule has 1 fully saturated rings. The van der Waals surface area contributed by atoms with Crippen LogP contribution in [0.4, 0.5) is 0 Å². The van der Waals surface area contributed by atoms with Crippen molar-refractivity contribution in [2.24, 2.45) is 0 Å². The molecule has 1 saturated heterocycles. The van der Waals surface area contributed by atoms with Crippen LogP contribution in [-0.4, -0.2) is 24.8 Å². The summed E-state index contributed by atoms with van der Waals surface area (Å²) in [6.45, 7) is 3.79. The lowest BCUT2D eigenvalue weighted by Crippen LogP contribution is -2.02. The highest BCUT2D eigenvalue weighted by Gasteiger charge is 2.35. The van der Waals surface area contributed by atoms with Crippen molar-refractivity contribution >= 4 is 5.97 Å². The average molecular weight is 258 g/mol. The predicted octanol–water partition coefficient (Wildman–Crippen LogP) is 2.24. The molecule has 3 heteroatoms. The van der Waals surface area contributed by atoms with Gasteiger partial charge in [-0.05, 0) is 49.8 Å². The maximum absolute atomic E-state index is 10.5. The van der Waals surface area contributed by atoms with Gasteiger partial charge in [0.05, 0.1) is 12.7 Å². The predicted molar refractivity (Wildman–Crippen MR) is 74.0 cm³/mol. The van der Waals surface area contributed by atoms with Gasteiger partial charge in [-0.25, -0.2) is 0 Å². The molecule has 1 aliphatic heterocycles. The van der Waals surface area contributed by atoms with Crippen molar-refractivity contribution in [2.75, 3.05) is 6.61 Å². The van der Waals surface area contributed by atoms with E-state index >= 15 is 0 Å². The molecule has 0 radical (unpaired) electrons. The Morgan fingerprint density at radius 1 is 1.32 bits per heavy atom. The van der Waals surface area contributed by atoms with Crippen molar-refractivity contribution in [2.45, 2.75) is 38.9 Å². The van der Waals surface area contributed by atoms with E-state index in [4.69, 9.17) is 9.47 Å². The van der Waals surface area contributed by atoms with Crippen molar-refractivity contribution in [1.29, 1.82) is 0 Å². The number of epoxide rings is 1. The van der Waals surface area contributed by atoms with Gasteiger partial charge in [-0.3, -0.25) is 4.79 Å². The molecule has 2 unspecified atom stereocenters. The van der Waals surface area contributed by atoms with Gasteiger partial charge in [-0.15, -0.1) is 0 Å². The van der Waals surface area contributed by atoms with Crippen LogP contribution in [0.5, 0.6) is 0 Å². The van der Waals surface area contributed by atoms with Crippen molar-refractivity contribution in [1.82, 2.24) is 0 Å². The van der Waals surface area contributed by atoms with E-state index in [-0.39, 0.29) is 18.2 Å². The number of carbonyl (C=O) groups is 1. The number of hydrogen-bond donors (Lipinski definition) is 0. The zero-order valence-electron chi connectivity index (χ0n) is 11.3. The van der Waals surface area contributed by atoms with Gasteiger partial charge in [-0.2, -0.15) is 0 Å². The molecule has 2 atom stereocenters. The van der Waals surface area contributed by atoms with Crippen LogP contribution < -0.4 is 0 Å². The van der Waals surface area contributed by atoms with Crippen LogP contribution in [0.25, 0.3) is 0 Å². The normalized spacial score (nSPS) is 20.5. The van der Waals surface area contributed by atoms with Crippen molar-refractivity contribution < 1.29 is 14.3 Å². The lowest BCUT2D eigenvalue weighted by atomic mass is 10.2. The van der Waals surface area contributed by atoms with E-state index < -0.39 is 0 Å². The summed E-state index contributed by atoms with van der Waals surface area (Å²) >= 11 is 0. The molecule has 0 amide bonds. The summed E-state index contributed by atoms with van der Waals surface area (Å²) in [5.74, 6) is 10.8. The molecule has 0 bridgehead atoms. The van der Waals surface area contributed by atoms with Gasteiger partial charge in [-0.1, -0.05) is 17.9 Å². The Hall–Kier alpha value is -1.97. The summed E-state index contributed by atoms with van der Waals surface area (Å²) in [7, 11) is 0. The summed E-state index contributed by atoms with van der Waals surface area (Å²) in [4.78, 5) is 10.5. The maximum Gasteiger partial charge on any atom is 0.302 e. The summed E-state index contributed by atoms with van der Waals surface area (Å²) < 4.78 is 10.3. The number of esters is 1. The van der Waals surface area contributed by atoms with Gasteiger partial charge in [0.15, 0.2) is 0 Å². The van der Waals surface area contributed by atoms with Crippen molar-refractivity contribution in [3.8, 4) is 23.7 Å². The summed E-state index contributed by atoms with van der Waals surface area (Å²) in [6.07, 6.45) is 9.43. The van der Waals surface area contributed by atoms with Gasteiger partial charge >= 0.3 is 5.97 Å². The molecule has 0 spiro atoms. The molecule has 0 aromatic carbocycles. The molecule has 1 aliphatic rings. The van der Waals surface area contributed by atoms with Crippen LogP contribution in [0.3, 0.4) is 0 Å². The second-order valence-electron chi connectivity index (χ2n) is 4.02. The van der Waals surface area contributed by atoms with Crippen LogP contribution in [0.1, 0.15) is 26.7 Å². The Labute approximate surface area is 114 Å². The first-order chi connectivity index (χ1) is 9.24. The fourth-order valence-corrected chi connectivity index (χ4v) is 1.44. The number of hydrogen-bond acceptors (Lipinski definition) is 3. The van der Waals surface area contributed by atoms with E-state index in [2.05, 4.69) is 23.7 Å². The summed E-state index contributed by atoms with van der Waals surface area (Å²) in [6, 6.07) is 0. The van der Waals surface area contributed by atoms with Gasteiger partial charge < -0.3 is 9.47 Å². The molecule has 19 heavy (non-hydrogen) atoms. The van der Waals surface area contributed by atoms with E-state index in [0.29, 0.717) is 6.61 Å². The van der Waals surface area contributed by atoms with Gasteiger partial charge in [0, 0.05) is 6.92 Å². The Morgan fingerprint density at radius 2 is 2.05 bits per heavy atom. The number of rotatable bonds is 5. The lowest BCUT2D eigenvalue weighted by molar-refractivity contribution is -0.141. The molecule has 0 N–H and O–H groups in total. The molecular formula is C16H18O3. The lowest BCUT2D eigenvalue weighted by Gasteiger charge is -1.98. The highest BCUT2D eigenvalue weighted by molar-refractivity contribution is 5.65. The first-order valence-corrected chi connectivity index (χ1v) is 6.31. The molecule has 0 saturated carbocycles. The number of allylic oxidation sites excluding steroid dienone is 3.